The summed E-state index contributed by atoms with van der Waals surface area (Å²) in [5.41, 5.74) is 10.8. The first kappa shape index (κ1) is 11.5. The zero-order valence-corrected chi connectivity index (χ0v) is 8.71. The van der Waals surface area contributed by atoms with Crippen molar-refractivity contribution in [3.8, 4) is 0 Å². The van der Waals surface area contributed by atoms with Crippen LogP contribution in [0.3, 0.4) is 0 Å². The minimum atomic E-state index is -0.151. The molecular weight excluding hydrogens is 327 g/mol. The van der Waals surface area contributed by atoms with Crippen LogP contribution in [-0.4, -0.2) is 31.6 Å². The van der Waals surface area contributed by atoms with Crippen molar-refractivity contribution in [1.29, 1.82) is 0 Å². The summed E-state index contributed by atoms with van der Waals surface area (Å²) in [4.78, 5) is 0. The van der Waals surface area contributed by atoms with E-state index in [1.54, 1.807) is 0 Å². The van der Waals surface area contributed by atoms with Crippen molar-refractivity contribution >= 4 is 0 Å². The maximum atomic E-state index is 5.40. The first-order chi connectivity index (χ1) is 4.77. The van der Waals surface area contributed by atoms with Crippen LogP contribution in [-0.2, 0) is 30.5 Å². The molecule has 5 heteroatoms. The van der Waals surface area contributed by atoms with Gasteiger partial charge in [0.05, 0.1) is 0 Å². The Labute approximate surface area is 80.9 Å². The Hall–Kier alpha value is 0.528. The zero-order valence-electron chi connectivity index (χ0n) is 6.43. The standard InChI is InChI=1S/C6H14N2O2.Pt/c1-4-9-5(2-7)6(3-8)10-4;/h4-6H,2-3,7-8H2,1H3;/t5-,6-;/m0./s1. The third kappa shape index (κ3) is 2.80. The Morgan fingerprint density at radius 1 is 1.09 bits per heavy atom. The van der Waals surface area contributed by atoms with E-state index in [1.165, 1.54) is 0 Å². The largest absolute Gasteiger partial charge is 0.346 e. The molecule has 0 aromatic rings. The van der Waals surface area contributed by atoms with Gasteiger partial charge in [-0.15, -0.1) is 0 Å². The van der Waals surface area contributed by atoms with Gasteiger partial charge in [0, 0.05) is 34.2 Å². The van der Waals surface area contributed by atoms with E-state index in [2.05, 4.69) is 0 Å². The summed E-state index contributed by atoms with van der Waals surface area (Å²) in [6.07, 6.45) is -0.179. The minimum absolute atomic E-state index is 0. The Morgan fingerprint density at radius 2 is 1.45 bits per heavy atom. The average Bonchev–Trinajstić information content (AvgIpc) is 2.30. The van der Waals surface area contributed by atoms with Gasteiger partial charge in [-0.1, -0.05) is 0 Å². The van der Waals surface area contributed by atoms with Crippen LogP contribution < -0.4 is 11.5 Å². The monoisotopic (exact) mass is 341 g/mol. The second kappa shape index (κ2) is 5.22. The molecule has 0 radical (unpaired) electrons. The molecule has 1 heterocycles. The first-order valence-electron chi connectivity index (χ1n) is 3.49. The molecule has 0 unspecified atom stereocenters. The van der Waals surface area contributed by atoms with E-state index >= 15 is 0 Å². The molecule has 4 nitrogen and oxygen atoms in total. The second-order valence-electron chi connectivity index (χ2n) is 2.39. The molecule has 1 aliphatic rings. The van der Waals surface area contributed by atoms with Crippen molar-refractivity contribution in [2.45, 2.75) is 25.4 Å². The van der Waals surface area contributed by atoms with Crippen LogP contribution in [0.1, 0.15) is 6.92 Å². The first-order valence-corrected chi connectivity index (χ1v) is 3.49. The number of rotatable bonds is 2. The summed E-state index contributed by atoms with van der Waals surface area (Å²) in [6.45, 7) is 2.80. The molecule has 1 aliphatic heterocycles. The van der Waals surface area contributed by atoms with Crippen molar-refractivity contribution in [3.05, 3.63) is 0 Å². The smallest absolute Gasteiger partial charge is 0.155 e. The summed E-state index contributed by atoms with van der Waals surface area (Å²) in [5.74, 6) is 0. The van der Waals surface area contributed by atoms with Crippen molar-refractivity contribution in [2.75, 3.05) is 13.1 Å². The van der Waals surface area contributed by atoms with E-state index in [1.807, 2.05) is 6.92 Å². The van der Waals surface area contributed by atoms with Gasteiger partial charge in [-0.3, -0.25) is 0 Å². The van der Waals surface area contributed by atoms with E-state index in [0.29, 0.717) is 13.1 Å². The third-order valence-electron chi connectivity index (χ3n) is 1.61. The summed E-state index contributed by atoms with van der Waals surface area (Å²) >= 11 is 0. The van der Waals surface area contributed by atoms with Gasteiger partial charge in [0.15, 0.2) is 6.29 Å². The molecule has 4 N–H and O–H groups in total. The van der Waals surface area contributed by atoms with Crippen LogP contribution in [0.15, 0.2) is 0 Å². The molecule has 0 saturated carbocycles. The number of ether oxygens (including phenoxy) is 2. The van der Waals surface area contributed by atoms with Gasteiger partial charge < -0.3 is 20.9 Å². The van der Waals surface area contributed by atoms with Crippen LogP contribution in [0.2, 0.25) is 0 Å². The van der Waals surface area contributed by atoms with E-state index in [0.717, 1.165) is 0 Å². The Balaban J connectivity index is 0.000001000. The van der Waals surface area contributed by atoms with E-state index in [4.69, 9.17) is 20.9 Å². The predicted octanol–water partition coefficient (Wildman–Crippen LogP) is -0.969. The fourth-order valence-electron chi connectivity index (χ4n) is 1.11. The Kier molecular flexibility index (Phi) is 5.47. The van der Waals surface area contributed by atoms with Crippen LogP contribution in [0.25, 0.3) is 0 Å². The van der Waals surface area contributed by atoms with Crippen molar-refractivity contribution in [1.82, 2.24) is 0 Å². The van der Waals surface area contributed by atoms with E-state index < -0.39 is 0 Å². The zero-order chi connectivity index (χ0) is 7.56. The van der Waals surface area contributed by atoms with Gasteiger partial charge in [0.25, 0.3) is 0 Å². The maximum absolute atomic E-state index is 5.40. The maximum Gasteiger partial charge on any atom is 0.155 e. The molecule has 11 heavy (non-hydrogen) atoms. The number of hydrogen-bond donors (Lipinski definition) is 2. The molecule has 70 valence electrons. The average molecular weight is 341 g/mol. The SMILES string of the molecule is CC1O[C@@H](CN)[C@H](CN)O1.[Pt]. The normalized spacial score (nSPS) is 31.9. The minimum Gasteiger partial charge on any atom is -0.346 e. The van der Waals surface area contributed by atoms with Crippen molar-refractivity contribution in [3.63, 3.8) is 0 Å². The fourth-order valence-corrected chi connectivity index (χ4v) is 1.11. The summed E-state index contributed by atoms with van der Waals surface area (Å²) < 4.78 is 10.6. The molecule has 0 bridgehead atoms. The van der Waals surface area contributed by atoms with Crippen molar-refractivity contribution in [2.24, 2.45) is 11.5 Å². The molecule has 0 amide bonds. The quantitative estimate of drug-likeness (QED) is 0.678. The molecule has 0 aromatic heterocycles. The van der Waals surface area contributed by atoms with Gasteiger partial charge in [-0.05, 0) is 6.92 Å². The summed E-state index contributed by atoms with van der Waals surface area (Å²) in [7, 11) is 0. The Morgan fingerprint density at radius 3 is 1.73 bits per heavy atom. The molecule has 1 saturated heterocycles. The van der Waals surface area contributed by atoms with Crippen molar-refractivity contribution < 1.29 is 30.5 Å². The number of hydrogen-bond acceptors (Lipinski definition) is 4. The van der Waals surface area contributed by atoms with Crippen LogP contribution in [0.4, 0.5) is 0 Å². The van der Waals surface area contributed by atoms with Gasteiger partial charge in [-0.25, -0.2) is 0 Å². The van der Waals surface area contributed by atoms with E-state index in [-0.39, 0.29) is 39.6 Å². The molecule has 2 atom stereocenters. The van der Waals surface area contributed by atoms with Gasteiger partial charge in [0.2, 0.25) is 0 Å². The molecular formula is C6H14N2O2Pt. The van der Waals surface area contributed by atoms with Crippen LogP contribution in [0, 0.1) is 0 Å². The molecule has 1 fully saturated rings. The summed E-state index contributed by atoms with van der Waals surface area (Å²) in [6, 6.07) is 0. The van der Waals surface area contributed by atoms with Crippen LogP contribution >= 0.6 is 0 Å². The second-order valence-corrected chi connectivity index (χ2v) is 2.39. The molecule has 0 spiro atoms. The van der Waals surface area contributed by atoms with Gasteiger partial charge in [-0.2, -0.15) is 0 Å². The number of nitrogens with two attached hydrogens (primary N) is 2. The van der Waals surface area contributed by atoms with E-state index in [9.17, 15) is 0 Å². The van der Waals surface area contributed by atoms with Crippen LogP contribution in [0.5, 0.6) is 0 Å². The van der Waals surface area contributed by atoms with Gasteiger partial charge in [0.1, 0.15) is 12.2 Å². The Bertz CT molecular complexity index is 103. The molecule has 0 aromatic carbocycles. The topological polar surface area (TPSA) is 70.5 Å². The molecule has 0 aliphatic carbocycles. The third-order valence-corrected chi connectivity index (χ3v) is 1.61. The fraction of sp³-hybridized carbons (Fsp3) is 1.00. The van der Waals surface area contributed by atoms with Gasteiger partial charge >= 0.3 is 0 Å². The molecule has 1 rings (SSSR count). The predicted molar refractivity (Wildman–Crippen MR) is 37.3 cm³/mol. The summed E-state index contributed by atoms with van der Waals surface area (Å²) in [5, 5.41) is 0.